The molecule has 0 aliphatic heterocycles. The first-order valence-corrected chi connectivity index (χ1v) is 5.63. The van der Waals surface area contributed by atoms with Crippen LogP contribution in [0.1, 0.15) is 22.8 Å². The lowest BCUT2D eigenvalue weighted by atomic mass is 10.0. The lowest BCUT2D eigenvalue weighted by Gasteiger charge is -2.08. The number of carbonyl (C=O) groups excluding carboxylic acids is 1. The van der Waals surface area contributed by atoms with Gasteiger partial charge in [-0.2, -0.15) is 0 Å². The molecule has 0 saturated heterocycles. The van der Waals surface area contributed by atoms with Crippen molar-refractivity contribution in [3.8, 4) is 5.75 Å². The Balaban J connectivity index is 2.68. The molecule has 18 heavy (non-hydrogen) atoms. The van der Waals surface area contributed by atoms with Gasteiger partial charge in [-0.05, 0) is 25.3 Å². The minimum absolute atomic E-state index is 0.158. The van der Waals surface area contributed by atoms with Crippen LogP contribution in [-0.4, -0.2) is 17.7 Å². The first-order chi connectivity index (χ1) is 8.54. The molecule has 3 nitrogen and oxygen atoms in total. The van der Waals surface area contributed by atoms with Crippen molar-refractivity contribution in [3.63, 3.8) is 0 Å². The molecule has 2 rings (SSSR count). The third kappa shape index (κ3) is 2.01. The van der Waals surface area contributed by atoms with Crippen LogP contribution in [0.15, 0.2) is 24.3 Å². The molecule has 0 radical (unpaired) electrons. The lowest BCUT2D eigenvalue weighted by Crippen LogP contribution is -2.07. The number of ether oxygens (including phenoxy) is 1. The molecule has 0 aromatic heterocycles. The second-order valence-electron chi connectivity index (χ2n) is 4.03. The van der Waals surface area contributed by atoms with Crippen LogP contribution in [0, 0.1) is 12.7 Å². The van der Waals surface area contributed by atoms with Crippen LogP contribution in [0.3, 0.4) is 0 Å². The van der Waals surface area contributed by atoms with Gasteiger partial charge in [0, 0.05) is 5.39 Å². The van der Waals surface area contributed by atoms with Gasteiger partial charge >= 0.3 is 5.97 Å². The van der Waals surface area contributed by atoms with E-state index in [9.17, 15) is 14.3 Å². The van der Waals surface area contributed by atoms with E-state index in [1.807, 2.05) is 6.92 Å². The van der Waals surface area contributed by atoms with Crippen molar-refractivity contribution in [3.05, 3.63) is 41.2 Å². The number of phenolic OH excluding ortho intramolecular Hbond substituents is 1. The Kier molecular flexibility index (Phi) is 3.19. The highest BCUT2D eigenvalue weighted by Gasteiger charge is 2.19. The number of fused-ring (bicyclic) bond motifs is 1. The summed E-state index contributed by atoms with van der Waals surface area (Å²) in [5.41, 5.74) is 0.718. The SMILES string of the molecule is CCOC(=O)c1cc2cc(C)ccc2c(O)c1F. The quantitative estimate of drug-likeness (QED) is 0.830. The fraction of sp³-hybridized carbons (Fsp3) is 0.214. The molecule has 0 bridgehead atoms. The number of hydrogen-bond donors (Lipinski definition) is 1. The van der Waals surface area contributed by atoms with Crippen LogP contribution in [0.5, 0.6) is 5.75 Å². The monoisotopic (exact) mass is 248 g/mol. The molecule has 0 saturated carbocycles. The highest BCUT2D eigenvalue weighted by molar-refractivity contribution is 5.98. The summed E-state index contributed by atoms with van der Waals surface area (Å²) in [6.07, 6.45) is 0. The van der Waals surface area contributed by atoms with Crippen molar-refractivity contribution in [2.45, 2.75) is 13.8 Å². The number of aryl methyl sites for hydroxylation is 1. The number of esters is 1. The van der Waals surface area contributed by atoms with Crippen LogP contribution in [0.25, 0.3) is 10.8 Å². The first-order valence-electron chi connectivity index (χ1n) is 5.63. The molecule has 2 aromatic rings. The van der Waals surface area contributed by atoms with Crippen molar-refractivity contribution >= 4 is 16.7 Å². The normalized spacial score (nSPS) is 10.6. The summed E-state index contributed by atoms with van der Waals surface area (Å²) < 4.78 is 18.6. The predicted octanol–water partition coefficient (Wildman–Crippen LogP) is 3.17. The summed E-state index contributed by atoms with van der Waals surface area (Å²) in [6, 6.07) is 6.57. The molecule has 0 unspecified atom stereocenters. The van der Waals surface area contributed by atoms with E-state index in [0.29, 0.717) is 10.8 Å². The van der Waals surface area contributed by atoms with Gasteiger partial charge < -0.3 is 9.84 Å². The smallest absolute Gasteiger partial charge is 0.341 e. The molecule has 0 spiro atoms. The third-order valence-electron chi connectivity index (χ3n) is 2.70. The predicted molar refractivity (Wildman–Crippen MR) is 66.3 cm³/mol. The van der Waals surface area contributed by atoms with Crippen molar-refractivity contribution in [1.29, 1.82) is 0 Å². The molecular formula is C14H13FO3. The zero-order valence-electron chi connectivity index (χ0n) is 10.2. The summed E-state index contributed by atoms with van der Waals surface area (Å²) in [5.74, 6) is -2.23. The van der Waals surface area contributed by atoms with Gasteiger partial charge in [0.25, 0.3) is 0 Å². The lowest BCUT2D eigenvalue weighted by molar-refractivity contribution is 0.0520. The number of benzene rings is 2. The summed E-state index contributed by atoms with van der Waals surface area (Å²) in [5, 5.41) is 10.8. The van der Waals surface area contributed by atoms with E-state index in [2.05, 4.69) is 0 Å². The first kappa shape index (κ1) is 12.4. The Hall–Kier alpha value is -2.10. The largest absolute Gasteiger partial charge is 0.504 e. The summed E-state index contributed by atoms with van der Waals surface area (Å²) in [7, 11) is 0. The van der Waals surface area contributed by atoms with E-state index in [1.54, 1.807) is 25.1 Å². The molecule has 0 amide bonds. The number of aromatic hydroxyl groups is 1. The van der Waals surface area contributed by atoms with Gasteiger partial charge in [0.05, 0.1) is 12.2 Å². The van der Waals surface area contributed by atoms with Gasteiger partial charge in [0.15, 0.2) is 11.6 Å². The van der Waals surface area contributed by atoms with Gasteiger partial charge in [-0.3, -0.25) is 0 Å². The van der Waals surface area contributed by atoms with Gasteiger partial charge in [-0.1, -0.05) is 23.8 Å². The average Bonchev–Trinajstić information content (AvgIpc) is 2.33. The minimum atomic E-state index is -0.940. The minimum Gasteiger partial charge on any atom is -0.504 e. The van der Waals surface area contributed by atoms with Gasteiger partial charge in [-0.15, -0.1) is 0 Å². The van der Waals surface area contributed by atoms with Crippen LogP contribution < -0.4 is 0 Å². The molecule has 1 N–H and O–H groups in total. The molecular weight excluding hydrogens is 235 g/mol. The Morgan fingerprint density at radius 3 is 2.78 bits per heavy atom. The highest BCUT2D eigenvalue weighted by Crippen LogP contribution is 2.31. The number of hydrogen-bond acceptors (Lipinski definition) is 3. The molecule has 0 heterocycles. The van der Waals surface area contributed by atoms with Crippen molar-refractivity contribution in [2.75, 3.05) is 6.61 Å². The Bertz CT molecular complexity index is 620. The van der Waals surface area contributed by atoms with Crippen molar-refractivity contribution in [2.24, 2.45) is 0 Å². The topological polar surface area (TPSA) is 46.5 Å². The van der Waals surface area contributed by atoms with Crippen LogP contribution in [0.2, 0.25) is 0 Å². The number of carbonyl (C=O) groups is 1. The van der Waals surface area contributed by atoms with E-state index in [4.69, 9.17) is 4.74 Å². The van der Waals surface area contributed by atoms with E-state index in [0.717, 1.165) is 5.56 Å². The maximum Gasteiger partial charge on any atom is 0.341 e. The zero-order chi connectivity index (χ0) is 13.3. The second kappa shape index (κ2) is 4.64. The van der Waals surface area contributed by atoms with Gasteiger partial charge in [-0.25, -0.2) is 9.18 Å². The number of halogens is 1. The maximum atomic E-state index is 13.9. The average molecular weight is 248 g/mol. The van der Waals surface area contributed by atoms with E-state index in [-0.39, 0.29) is 12.2 Å². The van der Waals surface area contributed by atoms with Gasteiger partial charge in [0.2, 0.25) is 0 Å². The Morgan fingerprint density at radius 1 is 1.39 bits per heavy atom. The maximum absolute atomic E-state index is 13.9. The molecule has 2 aromatic carbocycles. The van der Waals surface area contributed by atoms with Gasteiger partial charge in [0.1, 0.15) is 0 Å². The molecule has 4 heteroatoms. The fourth-order valence-corrected chi connectivity index (χ4v) is 1.84. The molecule has 0 atom stereocenters. The number of rotatable bonds is 2. The summed E-state index contributed by atoms with van der Waals surface area (Å²) in [4.78, 5) is 11.6. The van der Waals surface area contributed by atoms with E-state index >= 15 is 0 Å². The fourth-order valence-electron chi connectivity index (χ4n) is 1.84. The molecule has 0 fully saturated rings. The van der Waals surface area contributed by atoms with E-state index < -0.39 is 17.5 Å². The van der Waals surface area contributed by atoms with Crippen LogP contribution >= 0.6 is 0 Å². The van der Waals surface area contributed by atoms with Crippen LogP contribution in [0.4, 0.5) is 4.39 Å². The Morgan fingerprint density at radius 2 is 2.11 bits per heavy atom. The highest BCUT2D eigenvalue weighted by atomic mass is 19.1. The second-order valence-corrected chi connectivity index (χ2v) is 4.03. The van der Waals surface area contributed by atoms with E-state index in [1.165, 1.54) is 6.07 Å². The molecule has 94 valence electrons. The zero-order valence-corrected chi connectivity index (χ0v) is 10.2. The van der Waals surface area contributed by atoms with Crippen molar-refractivity contribution < 1.29 is 19.0 Å². The Labute approximate surface area is 104 Å². The summed E-state index contributed by atoms with van der Waals surface area (Å²) >= 11 is 0. The molecule has 0 aliphatic carbocycles. The molecule has 0 aliphatic rings. The summed E-state index contributed by atoms with van der Waals surface area (Å²) in [6.45, 7) is 3.68. The standard InChI is InChI=1S/C14H13FO3/c1-3-18-14(17)11-7-9-6-8(2)4-5-10(9)13(16)12(11)15/h4-7,16H,3H2,1-2H3. The van der Waals surface area contributed by atoms with Crippen molar-refractivity contribution in [1.82, 2.24) is 0 Å². The third-order valence-corrected chi connectivity index (χ3v) is 2.70. The van der Waals surface area contributed by atoms with Crippen LogP contribution in [-0.2, 0) is 4.74 Å². The number of phenols is 1.